The quantitative estimate of drug-likeness (QED) is 0.891. The third-order valence-corrected chi connectivity index (χ3v) is 4.27. The molecule has 0 aliphatic heterocycles. The van der Waals surface area contributed by atoms with Gasteiger partial charge in [0.15, 0.2) is 0 Å². The fourth-order valence-electron chi connectivity index (χ4n) is 3.05. The number of carboxylic acid groups (broad SMARTS) is 2. The van der Waals surface area contributed by atoms with Crippen molar-refractivity contribution in [3.05, 3.63) is 59.2 Å². The summed E-state index contributed by atoms with van der Waals surface area (Å²) in [5.74, 6) is -2.65. The van der Waals surface area contributed by atoms with Gasteiger partial charge < -0.3 is 10.2 Å². The molecular formula is C18H20O4. The SMILES string of the molecule is CC(C)c1ccccc1C1C(C(=O)O)=CC=CC1(C)C(=O)O. The van der Waals surface area contributed by atoms with Crippen LogP contribution in [0.3, 0.4) is 0 Å². The standard InChI is InChI=1S/C18H20O4/c1-11(2)12-7-4-5-8-13(12)15-14(16(19)20)9-6-10-18(15,3)17(21)22/h4-11,15H,1-3H3,(H,19,20)(H,21,22). The minimum absolute atomic E-state index is 0.112. The van der Waals surface area contributed by atoms with Crippen molar-refractivity contribution >= 4 is 11.9 Å². The van der Waals surface area contributed by atoms with Crippen LogP contribution in [0.1, 0.15) is 43.7 Å². The third kappa shape index (κ3) is 2.56. The molecule has 22 heavy (non-hydrogen) atoms. The van der Waals surface area contributed by atoms with Crippen LogP contribution in [0.2, 0.25) is 0 Å². The second-order valence-electron chi connectivity index (χ2n) is 6.09. The summed E-state index contributed by atoms with van der Waals surface area (Å²) in [4.78, 5) is 23.5. The average molecular weight is 300 g/mol. The maximum absolute atomic E-state index is 11.8. The van der Waals surface area contributed by atoms with Gasteiger partial charge >= 0.3 is 11.9 Å². The number of allylic oxidation sites excluding steroid dienone is 2. The molecule has 0 spiro atoms. The summed E-state index contributed by atoms with van der Waals surface area (Å²) in [7, 11) is 0. The second kappa shape index (κ2) is 5.79. The van der Waals surface area contributed by atoms with Crippen LogP contribution >= 0.6 is 0 Å². The number of hydrogen-bond acceptors (Lipinski definition) is 2. The van der Waals surface area contributed by atoms with E-state index in [9.17, 15) is 19.8 Å². The van der Waals surface area contributed by atoms with Crippen LogP contribution in [0.25, 0.3) is 0 Å². The van der Waals surface area contributed by atoms with Crippen molar-refractivity contribution in [1.82, 2.24) is 0 Å². The van der Waals surface area contributed by atoms with Crippen molar-refractivity contribution in [3.8, 4) is 0 Å². The lowest BCUT2D eigenvalue weighted by atomic mass is 9.65. The minimum Gasteiger partial charge on any atom is -0.481 e. The Labute approximate surface area is 129 Å². The van der Waals surface area contributed by atoms with E-state index in [2.05, 4.69) is 0 Å². The number of carbonyl (C=O) groups is 2. The third-order valence-electron chi connectivity index (χ3n) is 4.27. The van der Waals surface area contributed by atoms with Gasteiger partial charge in [0, 0.05) is 11.5 Å². The van der Waals surface area contributed by atoms with Gasteiger partial charge in [-0.1, -0.05) is 56.3 Å². The normalized spacial score (nSPS) is 24.2. The van der Waals surface area contributed by atoms with Gasteiger partial charge in [-0.05, 0) is 24.0 Å². The Bertz CT molecular complexity index is 669. The summed E-state index contributed by atoms with van der Waals surface area (Å²) in [6.45, 7) is 5.60. The molecule has 2 N–H and O–H groups in total. The highest BCUT2D eigenvalue weighted by Gasteiger charge is 2.46. The number of benzene rings is 1. The van der Waals surface area contributed by atoms with E-state index >= 15 is 0 Å². The molecule has 2 atom stereocenters. The molecule has 4 nitrogen and oxygen atoms in total. The highest BCUT2D eigenvalue weighted by atomic mass is 16.4. The second-order valence-corrected chi connectivity index (χ2v) is 6.09. The van der Waals surface area contributed by atoms with Crippen LogP contribution in [-0.2, 0) is 9.59 Å². The number of rotatable bonds is 4. The molecule has 0 amide bonds. The smallest absolute Gasteiger partial charge is 0.332 e. The molecular weight excluding hydrogens is 280 g/mol. The number of carboxylic acids is 2. The molecule has 0 saturated heterocycles. The molecule has 1 aromatic rings. The van der Waals surface area contributed by atoms with Gasteiger partial charge in [0.1, 0.15) is 0 Å². The summed E-state index contributed by atoms with van der Waals surface area (Å²) in [5, 5.41) is 19.2. The Morgan fingerprint density at radius 1 is 1.18 bits per heavy atom. The monoisotopic (exact) mass is 300 g/mol. The predicted molar refractivity (Wildman–Crippen MR) is 83.9 cm³/mol. The maximum atomic E-state index is 11.8. The molecule has 116 valence electrons. The summed E-state index contributed by atoms with van der Waals surface area (Å²) >= 11 is 0. The van der Waals surface area contributed by atoms with Crippen LogP contribution in [0.15, 0.2) is 48.1 Å². The van der Waals surface area contributed by atoms with Crippen molar-refractivity contribution in [2.45, 2.75) is 32.6 Å². The first kappa shape index (κ1) is 16.0. The lowest BCUT2D eigenvalue weighted by Crippen LogP contribution is -2.37. The Kier molecular flexibility index (Phi) is 4.22. The van der Waals surface area contributed by atoms with Gasteiger partial charge in [0.05, 0.1) is 5.41 Å². The highest BCUT2D eigenvalue weighted by Crippen LogP contribution is 2.47. The molecule has 0 fully saturated rings. The Morgan fingerprint density at radius 2 is 1.82 bits per heavy atom. The molecule has 0 bridgehead atoms. The molecule has 1 aliphatic rings. The lowest BCUT2D eigenvalue weighted by molar-refractivity contribution is -0.146. The fraction of sp³-hybridized carbons (Fsp3) is 0.333. The highest BCUT2D eigenvalue weighted by molar-refractivity contribution is 5.93. The maximum Gasteiger partial charge on any atom is 0.332 e. The summed E-state index contributed by atoms with van der Waals surface area (Å²) in [6, 6.07) is 7.47. The number of hydrogen-bond donors (Lipinski definition) is 2. The average Bonchev–Trinajstić information content (AvgIpc) is 2.46. The van der Waals surface area contributed by atoms with Gasteiger partial charge in [-0.2, -0.15) is 0 Å². The van der Waals surface area contributed by atoms with Crippen LogP contribution < -0.4 is 0 Å². The molecule has 2 unspecified atom stereocenters. The van der Waals surface area contributed by atoms with E-state index in [0.29, 0.717) is 0 Å². The van der Waals surface area contributed by atoms with E-state index in [1.54, 1.807) is 13.0 Å². The summed E-state index contributed by atoms with van der Waals surface area (Å²) < 4.78 is 0. The lowest BCUT2D eigenvalue weighted by Gasteiger charge is -2.36. The Morgan fingerprint density at radius 3 is 2.36 bits per heavy atom. The molecule has 4 heteroatoms. The van der Waals surface area contributed by atoms with Gasteiger partial charge in [-0.3, -0.25) is 4.79 Å². The van der Waals surface area contributed by atoms with Gasteiger partial charge in [0.25, 0.3) is 0 Å². The van der Waals surface area contributed by atoms with Crippen molar-refractivity contribution < 1.29 is 19.8 Å². The summed E-state index contributed by atoms with van der Waals surface area (Å²) in [5.41, 5.74) is 0.566. The van der Waals surface area contributed by atoms with Gasteiger partial charge in [-0.25, -0.2) is 4.79 Å². The Balaban J connectivity index is 2.71. The zero-order chi connectivity index (χ0) is 16.5. The van der Waals surface area contributed by atoms with Gasteiger partial charge in [-0.15, -0.1) is 0 Å². The molecule has 0 heterocycles. The van der Waals surface area contributed by atoms with Crippen molar-refractivity contribution in [3.63, 3.8) is 0 Å². The molecule has 0 aromatic heterocycles. The number of aliphatic carboxylic acids is 2. The zero-order valence-electron chi connectivity index (χ0n) is 12.9. The zero-order valence-corrected chi connectivity index (χ0v) is 12.9. The first-order valence-electron chi connectivity index (χ1n) is 7.24. The minimum atomic E-state index is -1.28. The van der Waals surface area contributed by atoms with E-state index in [1.165, 1.54) is 12.2 Å². The summed E-state index contributed by atoms with van der Waals surface area (Å²) in [6.07, 6.45) is 4.59. The fourth-order valence-corrected chi connectivity index (χ4v) is 3.05. The van der Waals surface area contributed by atoms with Crippen LogP contribution in [0.4, 0.5) is 0 Å². The van der Waals surface area contributed by atoms with E-state index in [0.717, 1.165) is 11.1 Å². The Hall–Kier alpha value is -2.36. The van der Waals surface area contributed by atoms with E-state index < -0.39 is 23.3 Å². The van der Waals surface area contributed by atoms with Crippen molar-refractivity contribution in [2.75, 3.05) is 0 Å². The van der Waals surface area contributed by atoms with E-state index in [1.807, 2.05) is 38.1 Å². The molecule has 1 aliphatic carbocycles. The molecule has 0 radical (unpaired) electrons. The first-order chi connectivity index (χ1) is 10.3. The van der Waals surface area contributed by atoms with Crippen molar-refractivity contribution in [2.24, 2.45) is 5.41 Å². The van der Waals surface area contributed by atoms with Crippen LogP contribution in [-0.4, -0.2) is 22.2 Å². The molecule has 0 saturated carbocycles. The topological polar surface area (TPSA) is 74.6 Å². The van der Waals surface area contributed by atoms with Crippen LogP contribution in [0.5, 0.6) is 0 Å². The van der Waals surface area contributed by atoms with Crippen LogP contribution in [0, 0.1) is 5.41 Å². The van der Waals surface area contributed by atoms with Crippen molar-refractivity contribution in [1.29, 1.82) is 0 Å². The first-order valence-corrected chi connectivity index (χ1v) is 7.24. The van der Waals surface area contributed by atoms with E-state index in [-0.39, 0.29) is 11.5 Å². The van der Waals surface area contributed by atoms with E-state index in [4.69, 9.17) is 0 Å². The van der Waals surface area contributed by atoms with Gasteiger partial charge in [0.2, 0.25) is 0 Å². The largest absolute Gasteiger partial charge is 0.481 e. The molecule has 1 aromatic carbocycles. The predicted octanol–water partition coefficient (Wildman–Crippen LogP) is 3.57. The molecule has 2 rings (SSSR count).